The van der Waals surface area contributed by atoms with Crippen LogP contribution in [0.15, 0.2) is 12.4 Å². The molecule has 1 amide bonds. The third-order valence-corrected chi connectivity index (χ3v) is 2.40. The molecule has 0 unspecified atom stereocenters. The van der Waals surface area contributed by atoms with Crippen LogP contribution in [-0.4, -0.2) is 39.3 Å². The van der Waals surface area contributed by atoms with Crippen molar-refractivity contribution in [1.29, 1.82) is 0 Å². The molecule has 0 radical (unpaired) electrons. The SMILES string of the molecule is CN(Cc1cnn(C)c1)C(=O)CCCCO. The van der Waals surface area contributed by atoms with Gasteiger partial charge in [-0.2, -0.15) is 5.10 Å². The number of hydrogen-bond acceptors (Lipinski definition) is 3. The molecule has 0 fully saturated rings. The number of nitrogens with zero attached hydrogens (tertiary/aromatic N) is 3. The van der Waals surface area contributed by atoms with E-state index in [9.17, 15) is 4.79 Å². The van der Waals surface area contributed by atoms with Crippen molar-refractivity contribution in [2.45, 2.75) is 25.8 Å². The van der Waals surface area contributed by atoms with Gasteiger partial charge in [0, 0.05) is 45.4 Å². The van der Waals surface area contributed by atoms with Gasteiger partial charge in [0.25, 0.3) is 0 Å². The van der Waals surface area contributed by atoms with Crippen LogP contribution >= 0.6 is 0 Å². The van der Waals surface area contributed by atoms with Crippen LogP contribution in [0.25, 0.3) is 0 Å². The number of unbranched alkanes of at least 4 members (excludes halogenated alkanes) is 1. The van der Waals surface area contributed by atoms with Gasteiger partial charge >= 0.3 is 0 Å². The minimum absolute atomic E-state index is 0.109. The predicted octanol–water partition coefficient (Wildman–Crippen LogP) is 0.541. The highest BCUT2D eigenvalue weighted by atomic mass is 16.3. The Kier molecular flexibility index (Phi) is 4.98. The summed E-state index contributed by atoms with van der Waals surface area (Å²) in [6.07, 6.45) is 5.59. The van der Waals surface area contributed by atoms with Crippen molar-refractivity contribution in [3.8, 4) is 0 Å². The molecule has 0 aliphatic rings. The first kappa shape index (κ1) is 12.7. The monoisotopic (exact) mass is 225 g/mol. The second kappa shape index (κ2) is 6.27. The summed E-state index contributed by atoms with van der Waals surface area (Å²) in [5.41, 5.74) is 1.03. The van der Waals surface area contributed by atoms with E-state index in [1.165, 1.54) is 0 Å². The van der Waals surface area contributed by atoms with Crippen molar-refractivity contribution < 1.29 is 9.90 Å². The van der Waals surface area contributed by atoms with E-state index in [1.807, 2.05) is 13.2 Å². The molecule has 0 aliphatic heterocycles. The number of carbonyl (C=O) groups is 1. The summed E-state index contributed by atoms with van der Waals surface area (Å²) in [5.74, 6) is 0.109. The largest absolute Gasteiger partial charge is 0.396 e. The van der Waals surface area contributed by atoms with Crippen molar-refractivity contribution in [2.75, 3.05) is 13.7 Å². The summed E-state index contributed by atoms with van der Waals surface area (Å²) in [6.45, 7) is 0.741. The maximum Gasteiger partial charge on any atom is 0.222 e. The van der Waals surface area contributed by atoms with Crippen molar-refractivity contribution in [3.05, 3.63) is 18.0 Å². The highest BCUT2D eigenvalue weighted by Gasteiger charge is 2.09. The zero-order valence-corrected chi connectivity index (χ0v) is 9.89. The number of rotatable bonds is 6. The van der Waals surface area contributed by atoms with E-state index in [0.29, 0.717) is 19.4 Å². The van der Waals surface area contributed by atoms with E-state index in [1.54, 1.807) is 22.8 Å². The topological polar surface area (TPSA) is 58.4 Å². The van der Waals surface area contributed by atoms with Crippen LogP contribution in [0.5, 0.6) is 0 Å². The second-order valence-electron chi connectivity index (χ2n) is 3.95. The lowest BCUT2D eigenvalue weighted by atomic mass is 10.2. The third-order valence-electron chi connectivity index (χ3n) is 2.40. The van der Waals surface area contributed by atoms with Gasteiger partial charge in [-0.1, -0.05) is 0 Å². The summed E-state index contributed by atoms with van der Waals surface area (Å²) in [7, 11) is 3.64. The molecule has 1 aromatic heterocycles. The van der Waals surface area contributed by atoms with E-state index < -0.39 is 0 Å². The number of amides is 1. The first-order chi connectivity index (χ1) is 7.63. The first-order valence-corrected chi connectivity index (χ1v) is 5.46. The Hall–Kier alpha value is -1.36. The highest BCUT2D eigenvalue weighted by Crippen LogP contribution is 2.05. The number of aromatic nitrogens is 2. The molecule has 5 heteroatoms. The van der Waals surface area contributed by atoms with E-state index in [2.05, 4.69) is 5.10 Å². The molecule has 0 saturated heterocycles. The van der Waals surface area contributed by atoms with Crippen molar-refractivity contribution >= 4 is 5.91 Å². The lowest BCUT2D eigenvalue weighted by Gasteiger charge is -2.15. The fourth-order valence-corrected chi connectivity index (χ4v) is 1.49. The zero-order valence-electron chi connectivity index (χ0n) is 9.89. The fourth-order valence-electron chi connectivity index (χ4n) is 1.49. The van der Waals surface area contributed by atoms with Gasteiger partial charge in [0.2, 0.25) is 5.91 Å². The van der Waals surface area contributed by atoms with Gasteiger partial charge in [-0.15, -0.1) is 0 Å². The molecule has 1 aromatic rings. The van der Waals surface area contributed by atoms with Gasteiger partial charge in [0.1, 0.15) is 0 Å². The lowest BCUT2D eigenvalue weighted by Crippen LogP contribution is -2.25. The third kappa shape index (κ3) is 4.02. The van der Waals surface area contributed by atoms with E-state index in [0.717, 1.165) is 12.0 Å². The zero-order chi connectivity index (χ0) is 12.0. The van der Waals surface area contributed by atoms with Crippen LogP contribution in [0, 0.1) is 0 Å². The van der Waals surface area contributed by atoms with Crippen LogP contribution in [0.1, 0.15) is 24.8 Å². The number of aliphatic hydroxyl groups excluding tert-OH is 1. The summed E-state index contributed by atoms with van der Waals surface area (Å²) in [6, 6.07) is 0. The molecule has 16 heavy (non-hydrogen) atoms. The Morgan fingerprint density at radius 2 is 2.31 bits per heavy atom. The first-order valence-electron chi connectivity index (χ1n) is 5.46. The molecule has 0 spiro atoms. The second-order valence-corrected chi connectivity index (χ2v) is 3.95. The number of carbonyl (C=O) groups excluding carboxylic acids is 1. The summed E-state index contributed by atoms with van der Waals surface area (Å²) in [4.78, 5) is 13.3. The van der Waals surface area contributed by atoms with Crippen LogP contribution in [-0.2, 0) is 18.4 Å². The van der Waals surface area contributed by atoms with Gasteiger partial charge in [0.05, 0.1) is 6.20 Å². The number of aryl methyl sites for hydroxylation is 1. The molecule has 0 bridgehead atoms. The fraction of sp³-hybridized carbons (Fsp3) is 0.636. The molecule has 0 aliphatic carbocycles. The minimum atomic E-state index is 0.109. The van der Waals surface area contributed by atoms with E-state index in [4.69, 9.17) is 5.11 Å². The maximum absolute atomic E-state index is 11.6. The molecule has 0 atom stereocenters. The minimum Gasteiger partial charge on any atom is -0.396 e. The molecule has 5 nitrogen and oxygen atoms in total. The number of hydrogen-bond donors (Lipinski definition) is 1. The Morgan fingerprint density at radius 1 is 1.56 bits per heavy atom. The molecule has 1 N–H and O–H groups in total. The average Bonchev–Trinajstić information content (AvgIpc) is 2.64. The van der Waals surface area contributed by atoms with E-state index in [-0.39, 0.29) is 12.5 Å². The predicted molar refractivity (Wildman–Crippen MR) is 60.6 cm³/mol. The lowest BCUT2D eigenvalue weighted by molar-refractivity contribution is -0.130. The normalized spacial score (nSPS) is 10.4. The van der Waals surface area contributed by atoms with Crippen LogP contribution in [0.3, 0.4) is 0 Å². The highest BCUT2D eigenvalue weighted by molar-refractivity contribution is 5.75. The van der Waals surface area contributed by atoms with Gasteiger partial charge < -0.3 is 10.0 Å². The van der Waals surface area contributed by atoms with Crippen molar-refractivity contribution in [1.82, 2.24) is 14.7 Å². The standard InChI is InChI=1S/C11H19N3O2/c1-13(11(16)5-3-4-6-15)8-10-7-12-14(2)9-10/h7,9,15H,3-6,8H2,1-2H3. The number of aliphatic hydroxyl groups is 1. The van der Waals surface area contributed by atoms with Crippen molar-refractivity contribution in [2.24, 2.45) is 7.05 Å². The Balaban J connectivity index is 2.34. The van der Waals surface area contributed by atoms with Crippen LogP contribution in [0.4, 0.5) is 0 Å². The Morgan fingerprint density at radius 3 is 2.88 bits per heavy atom. The maximum atomic E-state index is 11.6. The summed E-state index contributed by atoms with van der Waals surface area (Å²) >= 11 is 0. The van der Waals surface area contributed by atoms with Gasteiger partial charge in [-0.25, -0.2) is 0 Å². The van der Waals surface area contributed by atoms with Crippen LogP contribution in [0.2, 0.25) is 0 Å². The molecule has 1 heterocycles. The Bertz CT molecular complexity index is 336. The molecule has 0 saturated carbocycles. The Labute approximate surface area is 95.7 Å². The summed E-state index contributed by atoms with van der Waals surface area (Å²) in [5, 5.41) is 12.7. The molecule has 1 rings (SSSR count). The molecular weight excluding hydrogens is 206 g/mol. The van der Waals surface area contributed by atoms with Gasteiger partial charge in [0.15, 0.2) is 0 Å². The van der Waals surface area contributed by atoms with Crippen molar-refractivity contribution in [3.63, 3.8) is 0 Å². The smallest absolute Gasteiger partial charge is 0.222 e. The molecular formula is C11H19N3O2. The van der Waals surface area contributed by atoms with Crippen LogP contribution < -0.4 is 0 Å². The average molecular weight is 225 g/mol. The van der Waals surface area contributed by atoms with Gasteiger partial charge in [-0.3, -0.25) is 9.48 Å². The summed E-state index contributed by atoms with van der Waals surface area (Å²) < 4.78 is 1.72. The molecule has 0 aromatic carbocycles. The van der Waals surface area contributed by atoms with E-state index >= 15 is 0 Å². The molecule has 90 valence electrons. The quantitative estimate of drug-likeness (QED) is 0.719. The van der Waals surface area contributed by atoms with Gasteiger partial charge in [-0.05, 0) is 12.8 Å².